The van der Waals surface area contributed by atoms with Crippen molar-refractivity contribution in [2.24, 2.45) is 11.7 Å². The summed E-state index contributed by atoms with van der Waals surface area (Å²) in [6.45, 7) is 7.41. The van der Waals surface area contributed by atoms with Crippen LogP contribution in [-0.2, 0) is 0 Å². The van der Waals surface area contributed by atoms with Gasteiger partial charge in [-0.15, -0.1) is 0 Å². The summed E-state index contributed by atoms with van der Waals surface area (Å²) in [5.41, 5.74) is 7.10. The molecular weight excluding hydrogens is 236 g/mol. The maximum absolute atomic E-state index is 9.98. The highest BCUT2D eigenvalue weighted by molar-refractivity contribution is 5.34. The van der Waals surface area contributed by atoms with E-state index in [9.17, 15) is 5.11 Å². The van der Waals surface area contributed by atoms with Crippen LogP contribution in [0.25, 0.3) is 0 Å². The Morgan fingerprint density at radius 1 is 1.26 bits per heavy atom. The molecule has 3 nitrogen and oxygen atoms in total. The van der Waals surface area contributed by atoms with Crippen molar-refractivity contribution in [1.82, 2.24) is 4.90 Å². The zero-order valence-corrected chi connectivity index (χ0v) is 12.6. The minimum atomic E-state index is 0.240. The molecule has 0 radical (unpaired) electrons. The molecule has 0 fully saturated rings. The number of nitrogens with zero attached hydrogens (tertiary/aromatic N) is 1. The zero-order chi connectivity index (χ0) is 14.4. The number of benzene rings is 1. The Hall–Kier alpha value is -1.06. The van der Waals surface area contributed by atoms with Crippen molar-refractivity contribution in [3.8, 4) is 5.75 Å². The van der Waals surface area contributed by atoms with Crippen LogP contribution < -0.4 is 5.73 Å². The molecule has 2 atom stereocenters. The van der Waals surface area contributed by atoms with Gasteiger partial charge < -0.3 is 10.8 Å². The van der Waals surface area contributed by atoms with Crippen molar-refractivity contribution in [1.29, 1.82) is 0 Å². The molecule has 0 aromatic heterocycles. The normalized spacial score (nSPS) is 14.9. The lowest BCUT2D eigenvalue weighted by atomic mass is 9.99. The van der Waals surface area contributed by atoms with Gasteiger partial charge in [0.05, 0.1) is 0 Å². The molecule has 3 N–H and O–H groups in total. The fourth-order valence-corrected chi connectivity index (χ4v) is 2.38. The molecule has 2 unspecified atom stereocenters. The van der Waals surface area contributed by atoms with Crippen LogP contribution in [-0.4, -0.2) is 29.6 Å². The monoisotopic (exact) mass is 264 g/mol. The fraction of sp³-hybridized carbons (Fsp3) is 0.625. The number of rotatable bonds is 7. The smallest absolute Gasteiger partial charge is 0.120 e. The first-order valence-corrected chi connectivity index (χ1v) is 7.21. The van der Waals surface area contributed by atoms with Gasteiger partial charge in [-0.3, -0.25) is 4.90 Å². The van der Waals surface area contributed by atoms with E-state index >= 15 is 0 Å². The van der Waals surface area contributed by atoms with Crippen molar-refractivity contribution >= 4 is 0 Å². The van der Waals surface area contributed by atoms with E-state index in [-0.39, 0.29) is 12.1 Å². The maximum atomic E-state index is 9.98. The standard InChI is InChI=1S/C16H28N2O/c1-5-15(13-8-6-7-9-16(13)19)18(4)11-10-14(17)12(2)3/h6-9,12,14-15,19H,5,10-11,17H2,1-4H3. The van der Waals surface area contributed by atoms with Crippen molar-refractivity contribution in [3.05, 3.63) is 29.8 Å². The quantitative estimate of drug-likeness (QED) is 0.795. The Balaban J connectivity index is 2.67. The first-order chi connectivity index (χ1) is 8.97. The average molecular weight is 264 g/mol. The second kappa shape index (κ2) is 7.51. The van der Waals surface area contributed by atoms with Gasteiger partial charge in [-0.25, -0.2) is 0 Å². The van der Waals surface area contributed by atoms with Crippen molar-refractivity contribution in [2.45, 2.75) is 45.7 Å². The van der Waals surface area contributed by atoms with E-state index in [2.05, 4.69) is 32.7 Å². The van der Waals surface area contributed by atoms with Crippen LogP contribution in [0.1, 0.15) is 45.2 Å². The number of para-hydroxylation sites is 1. The largest absolute Gasteiger partial charge is 0.508 e. The molecule has 0 saturated heterocycles. The van der Waals surface area contributed by atoms with E-state index in [4.69, 9.17) is 5.73 Å². The lowest BCUT2D eigenvalue weighted by molar-refractivity contribution is 0.220. The van der Waals surface area contributed by atoms with Gasteiger partial charge >= 0.3 is 0 Å². The van der Waals surface area contributed by atoms with E-state index in [0.29, 0.717) is 11.7 Å². The van der Waals surface area contributed by atoms with Gasteiger partial charge in [0.1, 0.15) is 5.75 Å². The van der Waals surface area contributed by atoms with Crippen LogP contribution in [0.3, 0.4) is 0 Å². The van der Waals surface area contributed by atoms with Gasteiger partial charge in [0.25, 0.3) is 0 Å². The molecule has 0 aliphatic carbocycles. The number of hydrogen-bond acceptors (Lipinski definition) is 3. The lowest BCUT2D eigenvalue weighted by Gasteiger charge is -2.29. The third kappa shape index (κ3) is 4.51. The summed E-state index contributed by atoms with van der Waals surface area (Å²) in [6, 6.07) is 8.09. The van der Waals surface area contributed by atoms with Crippen molar-refractivity contribution in [2.75, 3.05) is 13.6 Å². The second-order valence-corrected chi connectivity index (χ2v) is 5.66. The summed E-state index contributed by atoms with van der Waals surface area (Å²) in [7, 11) is 2.10. The number of phenols is 1. The summed E-state index contributed by atoms with van der Waals surface area (Å²) < 4.78 is 0. The van der Waals surface area contributed by atoms with Crippen molar-refractivity contribution in [3.63, 3.8) is 0 Å². The topological polar surface area (TPSA) is 49.5 Å². The number of hydrogen-bond donors (Lipinski definition) is 2. The Labute approximate surface area is 117 Å². The maximum Gasteiger partial charge on any atom is 0.120 e. The van der Waals surface area contributed by atoms with E-state index < -0.39 is 0 Å². The van der Waals surface area contributed by atoms with Gasteiger partial charge in [0, 0.05) is 17.6 Å². The van der Waals surface area contributed by atoms with Crippen molar-refractivity contribution < 1.29 is 5.11 Å². The van der Waals surface area contributed by atoms with E-state index in [0.717, 1.165) is 24.9 Å². The molecule has 1 aromatic carbocycles. The van der Waals surface area contributed by atoms with Gasteiger partial charge in [-0.1, -0.05) is 39.0 Å². The Kier molecular flexibility index (Phi) is 6.32. The van der Waals surface area contributed by atoms with Gasteiger partial charge in [0.15, 0.2) is 0 Å². The molecule has 3 heteroatoms. The van der Waals surface area contributed by atoms with Gasteiger partial charge in [-0.05, 0) is 38.4 Å². The summed E-state index contributed by atoms with van der Waals surface area (Å²) in [5, 5.41) is 9.98. The fourth-order valence-electron chi connectivity index (χ4n) is 2.38. The SMILES string of the molecule is CCC(c1ccccc1O)N(C)CCC(N)C(C)C. The molecule has 19 heavy (non-hydrogen) atoms. The predicted molar refractivity (Wildman–Crippen MR) is 81.2 cm³/mol. The highest BCUT2D eigenvalue weighted by atomic mass is 16.3. The molecule has 1 rings (SSSR count). The van der Waals surface area contributed by atoms with E-state index in [1.165, 1.54) is 0 Å². The summed E-state index contributed by atoms with van der Waals surface area (Å²) >= 11 is 0. The number of aromatic hydroxyl groups is 1. The molecule has 0 bridgehead atoms. The molecule has 108 valence electrons. The highest BCUT2D eigenvalue weighted by Crippen LogP contribution is 2.30. The van der Waals surface area contributed by atoms with E-state index in [1.54, 1.807) is 6.07 Å². The molecule has 0 amide bonds. The number of nitrogens with two attached hydrogens (primary N) is 1. The molecule has 0 aliphatic heterocycles. The minimum Gasteiger partial charge on any atom is -0.508 e. The second-order valence-electron chi connectivity index (χ2n) is 5.66. The predicted octanol–water partition coefficient (Wildman–Crippen LogP) is 3.15. The summed E-state index contributed by atoms with van der Waals surface area (Å²) in [4.78, 5) is 2.29. The number of phenolic OH excluding ortho intramolecular Hbond substituents is 1. The van der Waals surface area contributed by atoms with Crippen LogP contribution in [0.2, 0.25) is 0 Å². The third-order valence-corrected chi connectivity index (χ3v) is 3.89. The zero-order valence-electron chi connectivity index (χ0n) is 12.6. The minimum absolute atomic E-state index is 0.240. The summed E-state index contributed by atoms with van der Waals surface area (Å²) in [5.74, 6) is 0.896. The van der Waals surface area contributed by atoms with E-state index in [1.807, 2.05) is 18.2 Å². The Morgan fingerprint density at radius 2 is 1.89 bits per heavy atom. The first kappa shape index (κ1) is 16.0. The van der Waals surface area contributed by atoms with Crippen LogP contribution in [0.15, 0.2) is 24.3 Å². The first-order valence-electron chi connectivity index (χ1n) is 7.21. The third-order valence-electron chi connectivity index (χ3n) is 3.89. The molecular formula is C16H28N2O. The Morgan fingerprint density at radius 3 is 2.42 bits per heavy atom. The summed E-state index contributed by atoms with van der Waals surface area (Å²) in [6.07, 6.45) is 1.96. The van der Waals surface area contributed by atoms with Crippen LogP contribution in [0.5, 0.6) is 5.75 Å². The van der Waals surface area contributed by atoms with Gasteiger partial charge in [-0.2, -0.15) is 0 Å². The highest BCUT2D eigenvalue weighted by Gasteiger charge is 2.19. The molecule has 1 aromatic rings. The molecule has 0 aliphatic rings. The molecule has 0 heterocycles. The molecule has 0 saturated carbocycles. The van der Waals surface area contributed by atoms with Crippen LogP contribution in [0.4, 0.5) is 0 Å². The van der Waals surface area contributed by atoms with Crippen LogP contribution in [0, 0.1) is 5.92 Å². The average Bonchev–Trinajstić information content (AvgIpc) is 2.38. The van der Waals surface area contributed by atoms with Gasteiger partial charge in [0.2, 0.25) is 0 Å². The molecule has 0 spiro atoms. The Bertz CT molecular complexity index is 379. The lowest BCUT2D eigenvalue weighted by Crippen LogP contribution is -2.33. The van der Waals surface area contributed by atoms with Crippen LogP contribution >= 0.6 is 0 Å².